The molecule has 1 aromatic rings. The summed E-state index contributed by atoms with van der Waals surface area (Å²) in [5.74, 6) is 0.284. The van der Waals surface area contributed by atoms with E-state index in [9.17, 15) is 4.79 Å². The van der Waals surface area contributed by atoms with Crippen molar-refractivity contribution >= 4 is 17.2 Å². The maximum absolute atomic E-state index is 12.2. The van der Waals surface area contributed by atoms with Gasteiger partial charge >= 0.3 is 0 Å². The molecule has 1 aliphatic heterocycles. The van der Waals surface area contributed by atoms with E-state index in [4.69, 9.17) is 0 Å². The van der Waals surface area contributed by atoms with E-state index < -0.39 is 0 Å². The maximum atomic E-state index is 12.2. The van der Waals surface area contributed by atoms with Gasteiger partial charge in [-0.05, 0) is 31.0 Å². The predicted octanol–water partition coefficient (Wildman–Crippen LogP) is 2.23. The molecule has 0 aliphatic carbocycles. The van der Waals surface area contributed by atoms with Gasteiger partial charge in [0.15, 0.2) is 0 Å². The average Bonchev–Trinajstić information content (AvgIpc) is 3.01. The van der Waals surface area contributed by atoms with Gasteiger partial charge in [0.05, 0.1) is 6.42 Å². The molecule has 0 spiro atoms. The van der Waals surface area contributed by atoms with Crippen LogP contribution in [0.25, 0.3) is 0 Å². The molecular formula is C14H22N2OS. The molecule has 1 unspecified atom stereocenters. The highest BCUT2D eigenvalue weighted by molar-refractivity contribution is 7.10. The van der Waals surface area contributed by atoms with E-state index in [0.717, 1.165) is 32.6 Å². The Hall–Kier alpha value is -0.870. The Morgan fingerprint density at radius 1 is 1.50 bits per heavy atom. The third kappa shape index (κ3) is 3.12. The number of likely N-dealkylation sites (tertiary alicyclic amines) is 1. The van der Waals surface area contributed by atoms with E-state index >= 15 is 0 Å². The first-order chi connectivity index (χ1) is 8.74. The molecule has 1 fully saturated rings. The van der Waals surface area contributed by atoms with Crippen molar-refractivity contribution in [2.75, 3.05) is 26.2 Å². The van der Waals surface area contributed by atoms with Crippen molar-refractivity contribution in [2.45, 2.75) is 32.7 Å². The minimum Gasteiger partial charge on any atom is -0.341 e. The Labute approximate surface area is 113 Å². The number of carbonyl (C=O) groups excluding carboxylic acids is 1. The molecule has 100 valence electrons. The highest BCUT2D eigenvalue weighted by atomic mass is 32.1. The Morgan fingerprint density at radius 2 is 2.28 bits per heavy atom. The summed E-state index contributed by atoms with van der Waals surface area (Å²) in [6, 6.07) is 4.61. The summed E-state index contributed by atoms with van der Waals surface area (Å²) in [5.41, 5.74) is 0. The van der Waals surface area contributed by atoms with Gasteiger partial charge < -0.3 is 4.90 Å². The molecule has 18 heavy (non-hydrogen) atoms. The second kappa shape index (κ2) is 6.34. The standard InChI is InChI=1S/C14H22N2OS/c1-3-15(4-2)12-7-8-16(11-12)14(17)10-13-6-5-9-18-13/h5-6,9,12H,3-4,7-8,10-11H2,1-2H3. The number of nitrogens with zero attached hydrogens (tertiary/aromatic N) is 2. The van der Waals surface area contributed by atoms with Crippen LogP contribution in [-0.4, -0.2) is 47.9 Å². The molecule has 1 amide bonds. The lowest BCUT2D eigenvalue weighted by molar-refractivity contribution is -0.129. The number of hydrogen-bond donors (Lipinski definition) is 0. The van der Waals surface area contributed by atoms with E-state index in [0.29, 0.717) is 12.5 Å². The zero-order valence-corrected chi connectivity index (χ0v) is 12.1. The second-order valence-electron chi connectivity index (χ2n) is 4.76. The van der Waals surface area contributed by atoms with Gasteiger partial charge in [-0.1, -0.05) is 19.9 Å². The Kier molecular flexibility index (Phi) is 4.78. The summed E-state index contributed by atoms with van der Waals surface area (Å²) in [4.78, 5) is 17.8. The first-order valence-electron chi connectivity index (χ1n) is 6.78. The summed E-state index contributed by atoms with van der Waals surface area (Å²) >= 11 is 1.67. The van der Waals surface area contributed by atoms with Gasteiger partial charge in [0.1, 0.15) is 0 Å². The Morgan fingerprint density at radius 3 is 2.89 bits per heavy atom. The van der Waals surface area contributed by atoms with E-state index in [1.807, 2.05) is 22.4 Å². The van der Waals surface area contributed by atoms with Crippen molar-refractivity contribution in [3.05, 3.63) is 22.4 Å². The maximum Gasteiger partial charge on any atom is 0.227 e. The van der Waals surface area contributed by atoms with Crippen LogP contribution < -0.4 is 0 Å². The van der Waals surface area contributed by atoms with Crippen molar-refractivity contribution in [2.24, 2.45) is 0 Å². The first-order valence-corrected chi connectivity index (χ1v) is 7.66. The molecule has 1 saturated heterocycles. The zero-order chi connectivity index (χ0) is 13.0. The van der Waals surface area contributed by atoms with Gasteiger partial charge in [0.25, 0.3) is 0 Å². The quantitative estimate of drug-likeness (QED) is 0.816. The molecule has 1 aromatic heterocycles. The normalized spacial score (nSPS) is 19.7. The summed E-state index contributed by atoms with van der Waals surface area (Å²) in [5, 5.41) is 2.03. The average molecular weight is 266 g/mol. The summed E-state index contributed by atoms with van der Waals surface area (Å²) in [6.07, 6.45) is 1.69. The Balaban J connectivity index is 1.86. The number of rotatable bonds is 5. The lowest BCUT2D eigenvalue weighted by Gasteiger charge is -2.26. The lowest BCUT2D eigenvalue weighted by Crippen LogP contribution is -2.38. The fourth-order valence-corrected chi connectivity index (χ4v) is 3.38. The molecule has 2 rings (SSSR count). The van der Waals surface area contributed by atoms with Crippen LogP contribution in [0.15, 0.2) is 17.5 Å². The van der Waals surface area contributed by atoms with Crippen LogP contribution in [0.1, 0.15) is 25.1 Å². The van der Waals surface area contributed by atoms with E-state index in [1.165, 1.54) is 4.88 Å². The topological polar surface area (TPSA) is 23.6 Å². The van der Waals surface area contributed by atoms with Crippen LogP contribution in [0.5, 0.6) is 0 Å². The highest BCUT2D eigenvalue weighted by Gasteiger charge is 2.28. The zero-order valence-electron chi connectivity index (χ0n) is 11.3. The van der Waals surface area contributed by atoms with Crippen LogP contribution in [0.2, 0.25) is 0 Å². The number of hydrogen-bond acceptors (Lipinski definition) is 3. The molecule has 0 N–H and O–H groups in total. The van der Waals surface area contributed by atoms with Gasteiger partial charge in [-0.3, -0.25) is 9.69 Å². The van der Waals surface area contributed by atoms with E-state index in [2.05, 4.69) is 18.7 Å². The van der Waals surface area contributed by atoms with Crippen molar-refractivity contribution in [1.82, 2.24) is 9.80 Å². The number of carbonyl (C=O) groups is 1. The van der Waals surface area contributed by atoms with Crippen molar-refractivity contribution in [1.29, 1.82) is 0 Å². The van der Waals surface area contributed by atoms with Gasteiger partial charge in [0, 0.05) is 24.0 Å². The second-order valence-corrected chi connectivity index (χ2v) is 5.79. The molecule has 0 saturated carbocycles. The lowest BCUT2D eigenvalue weighted by atomic mass is 10.2. The first kappa shape index (κ1) is 13.6. The van der Waals surface area contributed by atoms with Crippen LogP contribution in [0, 0.1) is 0 Å². The third-order valence-corrected chi connectivity index (χ3v) is 4.63. The van der Waals surface area contributed by atoms with Gasteiger partial charge in [-0.2, -0.15) is 0 Å². The monoisotopic (exact) mass is 266 g/mol. The minimum absolute atomic E-state index is 0.284. The SMILES string of the molecule is CCN(CC)C1CCN(C(=O)Cc2cccs2)C1. The largest absolute Gasteiger partial charge is 0.341 e. The number of thiophene rings is 1. The van der Waals surface area contributed by atoms with Gasteiger partial charge in [-0.25, -0.2) is 0 Å². The molecule has 0 radical (unpaired) electrons. The van der Waals surface area contributed by atoms with Crippen LogP contribution in [0.3, 0.4) is 0 Å². The minimum atomic E-state index is 0.284. The van der Waals surface area contributed by atoms with Crippen LogP contribution in [0.4, 0.5) is 0 Å². The van der Waals surface area contributed by atoms with Crippen molar-refractivity contribution in [3.63, 3.8) is 0 Å². The molecule has 1 aliphatic rings. The third-order valence-electron chi connectivity index (χ3n) is 3.75. The van der Waals surface area contributed by atoms with E-state index in [1.54, 1.807) is 11.3 Å². The summed E-state index contributed by atoms with van der Waals surface area (Å²) < 4.78 is 0. The van der Waals surface area contributed by atoms with Crippen LogP contribution in [-0.2, 0) is 11.2 Å². The fraction of sp³-hybridized carbons (Fsp3) is 0.643. The van der Waals surface area contributed by atoms with Crippen molar-refractivity contribution < 1.29 is 4.79 Å². The summed E-state index contributed by atoms with van der Waals surface area (Å²) in [6.45, 7) is 8.37. The van der Waals surface area contributed by atoms with Gasteiger partial charge in [0.2, 0.25) is 5.91 Å². The highest BCUT2D eigenvalue weighted by Crippen LogP contribution is 2.18. The Bertz CT molecular complexity index is 373. The predicted molar refractivity (Wildman–Crippen MR) is 75.9 cm³/mol. The molecule has 2 heterocycles. The van der Waals surface area contributed by atoms with Gasteiger partial charge in [-0.15, -0.1) is 11.3 Å². The summed E-state index contributed by atoms with van der Waals surface area (Å²) in [7, 11) is 0. The number of amides is 1. The smallest absolute Gasteiger partial charge is 0.227 e. The molecule has 0 bridgehead atoms. The molecule has 0 aromatic carbocycles. The molecule has 4 heteroatoms. The number of likely N-dealkylation sites (N-methyl/N-ethyl adjacent to an activating group) is 1. The fourth-order valence-electron chi connectivity index (χ4n) is 2.68. The van der Waals surface area contributed by atoms with E-state index in [-0.39, 0.29) is 5.91 Å². The molecular weight excluding hydrogens is 244 g/mol. The molecule has 3 nitrogen and oxygen atoms in total. The molecule has 1 atom stereocenters. The van der Waals surface area contributed by atoms with Crippen LogP contribution >= 0.6 is 11.3 Å². The van der Waals surface area contributed by atoms with Crippen molar-refractivity contribution in [3.8, 4) is 0 Å².